The van der Waals surface area contributed by atoms with Gasteiger partial charge in [-0.2, -0.15) is 0 Å². The molecule has 5 nitrogen and oxygen atoms in total. The van der Waals surface area contributed by atoms with Crippen LogP contribution in [0.15, 0.2) is 35.7 Å². The number of carbonyl (C=O) groups is 1. The largest absolute Gasteiger partial charge is 0.496 e. The fourth-order valence-electron chi connectivity index (χ4n) is 3.12. The van der Waals surface area contributed by atoms with Crippen LogP contribution in [0, 0.1) is 5.92 Å². The Labute approximate surface area is 165 Å². The number of methoxy groups -OCH3 is 1. The summed E-state index contributed by atoms with van der Waals surface area (Å²) in [6.07, 6.45) is 4.27. The van der Waals surface area contributed by atoms with E-state index in [0.29, 0.717) is 18.9 Å². The van der Waals surface area contributed by atoms with Crippen LogP contribution in [0.3, 0.4) is 0 Å². The zero-order valence-corrected chi connectivity index (χ0v) is 16.8. The van der Waals surface area contributed by atoms with Crippen LogP contribution in [0.5, 0.6) is 11.5 Å². The lowest BCUT2D eigenvalue weighted by Crippen LogP contribution is -2.28. The molecule has 1 heterocycles. The number of rotatable bonds is 10. The maximum absolute atomic E-state index is 11.9. The van der Waals surface area contributed by atoms with Gasteiger partial charge in [-0.05, 0) is 36.3 Å². The number of hydrogen-bond acceptors (Lipinski definition) is 5. The van der Waals surface area contributed by atoms with E-state index in [1.807, 2.05) is 29.6 Å². The van der Waals surface area contributed by atoms with E-state index in [-0.39, 0.29) is 11.9 Å². The lowest BCUT2D eigenvalue weighted by atomic mass is 9.86. The number of thiophene rings is 1. The first-order chi connectivity index (χ1) is 13.2. The van der Waals surface area contributed by atoms with Crippen molar-refractivity contribution in [3.05, 3.63) is 46.2 Å². The van der Waals surface area contributed by atoms with Crippen molar-refractivity contribution in [2.75, 3.05) is 20.8 Å². The van der Waals surface area contributed by atoms with Crippen LogP contribution in [-0.4, -0.2) is 26.7 Å². The lowest BCUT2D eigenvalue weighted by Gasteiger charge is -2.25. The monoisotopic (exact) mass is 388 g/mol. The van der Waals surface area contributed by atoms with Gasteiger partial charge in [-0.3, -0.25) is 4.79 Å². The molecular weight excluding hydrogens is 360 g/mol. The Morgan fingerprint density at radius 1 is 1.33 bits per heavy atom. The molecule has 1 saturated carbocycles. The van der Waals surface area contributed by atoms with Gasteiger partial charge >= 0.3 is 0 Å². The molecule has 0 unspecified atom stereocenters. The van der Waals surface area contributed by atoms with Crippen molar-refractivity contribution in [3.63, 3.8) is 0 Å². The van der Waals surface area contributed by atoms with E-state index in [4.69, 9.17) is 9.47 Å². The van der Waals surface area contributed by atoms with Gasteiger partial charge in [0.15, 0.2) is 0 Å². The lowest BCUT2D eigenvalue weighted by molar-refractivity contribution is -0.121. The number of hydrogen-bond donors (Lipinski definition) is 2. The fraction of sp³-hybridized carbons (Fsp3) is 0.476. The summed E-state index contributed by atoms with van der Waals surface area (Å²) in [5, 5.41) is 8.23. The van der Waals surface area contributed by atoms with Gasteiger partial charge in [-0.15, -0.1) is 11.3 Å². The summed E-state index contributed by atoms with van der Waals surface area (Å²) >= 11 is 1.65. The van der Waals surface area contributed by atoms with E-state index in [9.17, 15) is 4.79 Å². The molecule has 0 radical (unpaired) electrons. The molecule has 1 aliphatic carbocycles. The van der Waals surface area contributed by atoms with Gasteiger partial charge in [0.2, 0.25) is 5.91 Å². The molecule has 1 aromatic heterocycles. The minimum Gasteiger partial charge on any atom is -0.496 e. The number of ether oxygens (including phenoxy) is 2. The van der Waals surface area contributed by atoms with E-state index < -0.39 is 0 Å². The van der Waals surface area contributed by atoms with Crippen molar-refractivity contribution in [2.45, 2.75) is 38.3 Å². The Morgan fingerprint density at radius 3 is 2.81 bits per heavy atom. The predicted molar refractivity (Wildman–Crippen MR) is 108 cm³/mol. The molecule has 27 heavy (non-hydrogen) atoms. The molecule has 0 bridgehead atoms. The fourth-order valence-corrected chi connectivity index (χ4v) is 3.92. The summed E-state index contributed by atoms with van der Waals surface area (Å²) in [5.41, 5.74) is 1.05. The molecule has 2 aromatic rings. The van der Waals surface area contributed by atoms with Crippen molar-refractivity contribution in [2.24, 2.45) is 5.92 Å². The smallest absolute Gasteiger partial charge is 0.221 e. The highest BCUT2D eigenvalue weighted by molar-refractivity contribution is 7.10. The second kappa shape index (κ2) is 9.76. The third-order valence-electron chi connectivity index (χ3n) is 5.06. The molecule has 146 valence electrons. The normalized spacial score (nSPS) is 15.0. The zero-order chi connectivity index (χ0) is 19.1. The van der Waals surface area contributed by atoms with Crippen molar-refractivity contribution >= 4 is 17.2 Å². The summed E-state index contributed by atoms with van der Waals surface area (Å²) in [7, 11) is 3.34. The van der Waals surface area contributed by atoms with Crippen LogP contribution in [0.25, 0.3) is 0 Å². The second-order valence-corrected chi connectivity index (χ2v) is 7.89. The van der Waals surface area contributed by atoms with E-state index in [1.165, 1.54) is 19.3 Å². The maximum Gasteiger partial charge on any atom is 0.221 e. The molecule has 1 fully saturated rings. The average molecular weight is 389 g/mol. The number of carbonyl (C=O) groups excluding carboxylic acids is 1. The van der Waals surface area contributed by atoms with Crippen LogP contribution < -0.4 is 20.1 Å². The van der Waals surface area contributed by atoms with Gasteiger partial charge in [-0.1, -0.05) is 18.6 Å². The molecule has 0 spiro atoms. The standard InChI is InChI=1S/C21H28N2O3S/c1-22-21(24)12-18(20-7-4-10-27-20)23-13-16-8-9-17(11-19(16)25-2)26-14-15-5-3-6-15/h4,7-11,15,18,23H,3,5-6,12-14H2,1-2H3,(H,22,24)/t18-/m0/s1. The SMILES string of the molecule is CNC(=O)C[C@H](NCc1ccc(OCC2CCC2)cc1OC)c1cccs1. The molecule has 1 atom stereocenters. The Balaban J connectivity index is 1.62. The van der Waals surface area contributed by atoms with E-state index in [0.717, 1.165) is 28.5 Å². The first kappa shape index (κ1) is 19.7. The van der Waals surface area contributed by atoms with Crippen LogP contribution in [0.1, 0.15) is 42.2 Å². The predicted octanol–water partition coefficient (Wildman–Crippen LogP) is 3.90. The van der Waals surface area contributed by atoms with Crippen molar-refractivity contribution in [1.82, 2.24) is 10.6 Å². The Morgan fingerprint density at radius 2 is 2.19 bits per heavy atom. The zero-order valence-electron chi connectivity index (χ0n) is 16.0. The quantitative estimate of drug-likeness (QED) is 0.648. The Hall–Kier alpha value is -2.05. The van der Waals surface area contributed by atoms with E-state index in [2.05, 4.69) is 16.7 Å². The summed E-state index contributed by atoms with van der Waals surface area (Å²) in [6, 6.07) is 10.0. The minimum absolute atomic E-state index is 0.0209. The van der Waals surface area contributed by atoms with Crippen molar-refractivity contribution in [3.8, 4) is 11.5 Å². The summed E-state index contributed by atoms with van der Waals surface area (Å²) < 4.78 is 11.5. The molecular formula is C21H28N2O3S. The summed E-state index contributed by atoms with van der Waals surface area (Å²) in [5.74, 6) is 2.38. The highest BCUT2D eigenvalue weighted by Gasteiger charge is 2.19. The first-order valence-corrected chi connectivity index (χ1v) is 10.3. The van der Waals surface area contributed by atoms with Gasteiger partial charge in [-0.25, -0.2) is 0 Å². The van der Waals surface area contributed by atoms with Crippen LogP contribution >= 0.6 is 11.3 Å². The first-order valence-electron chi connectivity index (χ1n) is 9.46. The van der Waals surface area contributed by atoms with Gasteiger partial charge in [0.1, 0.15) is 11.5 Å². The maximum atomic E-state index is 11.9. The van der Waals surface area contributed by atoms with Crippen LogP contribution in [0.4, 0.5) is 0 Å². The van der Waals surface area contributed by atoms with Gasteiger partial charge in [0.25, 0.3) is 0 Å². The molecule has 0 saturated heterocycles. The highest BCUT2D eigenvalue weighted by Crippen LogP contribution is 2.30. The molecule has 1 aromatic carbocycles. The van der Waals surface area contributed by atoms with E-state index >= 15 is 0 Å². The van der Waals surface area contributed by atoms with Gasteiger partial charge in [0.05, 0.1) is 19.8 Å². The van der Waals surface area contributed by atoms with E-state index in [1.54, 1.807) is 25.5 Å². The summed E-state index contributed by atoms with van der Waals surface area (Å²) in [6.45, 7) is 1.40. The van der Waals surface area contributed by atoms with Gasteiger partial charge < -0.3 is 20.1 Å². The minimum atomic E-state index is -0.0239. The third kappa shape index (κ3) is 5.47. The van der Waals surface area contributed by atoms with Crippen molar-refractivity contribution in [1.29, 1.82) is 0 Å². The van der Waals surface area contributed by atoms with Crippen molar-refractivity contribution < 1.29 is 14.3 Å². The third-order valence-corrected chi connectivity index (χ3v) is 6.05. The van der Waals surface area contributed by atoms with Crippen LogP contribution in [0.2, 0.25) is 0 Å². The average Bonchev–Trinajstić information content (AvgIpc) is 3.18. The second-order valence-electron chi connectivity index (χ2n) is 6.91. The Bertz CT molecular complexity index is 729. The molecule has 1 amide bonds. The number of nitrogens with one attached hydrogen (secondary N) is 2. The molecule has 0 aliphatic heterocycles. The molecule has 1 aliphatic rings. The Kier molecular flexibility index (Phi) is 7.12. The summed E-state index contributed by atoms with van der Waals surface area (Å²) in [4.78, 5) is 13.0. The number of amides is 1. The molecule has 2 N–H and O–H groups in total. The number of benzene rings is 1. The highest BCUT2D eigenvalue weighted by atomic mass is 32.1. The molecule has 3 rings (SSSR count). The van der Waals surface area contributed by atoms with Gasteiger partial charge in [0, 0.05) is 36.5 Å². The van der Waals surface area contributed by atoms with Crippen LogP contribution in [-0.2, 0) is 11.3 Å². The molecule has 6 heteroatoms. The topological polar surface area (TPSA) is 59.6 Å².